The number of anilines is 1. The maximum absolute atomic E-state index is 14.1. The lowest BCUT2D eigenvalue weighted by Crippen LogP contribution is -2.43. The van der Waals surface area contributed by atoms with Gasteiger partial charge in [-0.05, 0) is 44.9 Å². The number of sulfonamides is 1. The molecule has 8 nitrogen and oxygen atoms in total. The molecule has 1 aliphatic rings. The van der Waals surface area contributed by atoms with E-state index in [1.165, 1.54) is 24.4 Å². The highest BCUT2D eigenvalue weighted by molar-refractivity contribution is 7.89. The Morgan fingerprint density at radius 3 is 2.77 bits per heavy atom. The molecule has 10 heteroatoms. The van der Waals surface area contributed by atoms with Gasteiger partial charge in [-0.2, -0.15) is 9.40 Å². The van der Waals surface area contributed by atoms with Crippen LogP contribution >= 0.6 is 0 Å². The minimum absolute atomic E-state index is 0.145. The van der Waals surface area contributed by atoms with E-state index in [1.807, 2.05) is 13.8 Å². The van der Waals surface area contributed by atoms with Gasteiger partial charge in [-0.1, -0.05) is 12.1 Å². The minimum Gasteiger partial charge on any atom is -0.323 e. The van der Waals surface area contributed by atoms with Gasteiger partial charge in [-0.25, -0.2) is 22.5 Å². The summed E-state index contributed by atoms with van der Waals surface area (Å²) in [5, 5.41) is 7.81. The van der Waals surface area contributed by atoms with Crippen LogP contribution in [0.15, 0.2) is 47.6 Å². The van der Waals surface area contributed by atoms with E-state index in [2.05, 4.69) is 15.4 Å². The maximum Gasteiger partial charge on any atom is 0.246 e. The van der Waals surface area contributed by atoms with Gasteiger partial charge in [0.2, 0.25) is 15.9 Å². The predicted octanol–water partition coefficient (Wildman–Crippen LogP) is 2.94. The lowest BCUT2D eigenvalue weighted by Gasteiger charge is -2.23. The number of carbonyl (C=O) groups excluding carboxylic acids is 1. The Balaban J connectivity index is 1.57. The van der Waals surface area contributed by atoms with Crippen molar-refractivity contribution in [1.29, 1.82) is 0 Å². The van der Waals surface area contributed by atoms with Crippen LogP contribution in [0, 0.1) is 5.82 Å². The Morgan fingerprint density at radius 2 is 2.03 bits per heavy atom. The van der Waals surface area contributed by atoms with Gasteiger partial charge in [0.05, 0.1) is 18.1 Å². The summed E-state index contributed by atoms with van der Waals surface area (Å²) in [6.07, 6.45) is 4.07. The van der Waals surface area contributed by atoms with Crippen molar-refractivity contribution in [3.05, 3.63) is 48.5 Å². The number of pyridine rings is 1. The molecule has 2 aromatic heterocycles. The molecule has 0 bridgehead atoms. The number of nitrogens with one attached hydrogen (secondary N) is 1. The standard InChI is InChI=1S/C20H22FN5O3S/c1-13(2)26-19-14(11-23-26)10-15(12-22-19)24-20(27)17-7-5-9-25(17)30(28,29)18-8-4-3-6-16(18)21/h3-4,6,8,10-13,17H,5,7,9H2,1-2H3,(H,24,27)/t17-/m1/s1. The number of nitrogens with zero attached hydrogens (tertiary/aromatic N) is 4. The molecule has 158 valence electrons. The van der Waals surface area contributed by atoms with Crippen LogP contribution in [0.1, 0.15) is 32.7 Å². The zero-order valence-electron chi connectivity index (χ0n) is 16.6. The first-order chi connectivity index (χ1) is 14.3. The summed E-state index contributed by atoms with van der Waals surface area (Å²) in [4.78, 5) is 16.8. The number of carbonyl (C=O) groups is 1. The first kappa shape index (κ1) is 20.4. The molecule has 1 aromatic carbocycles. The number of hydrogen-bond donors (Lipinski definition) is 1. The van der Waals surface area contributed by atoms with Gasteiger partial charge >= 0.3 is 0 Å². The average Bonchev–Trinajstić information content (AvgIpc) is 3.35. The molecule has 1 atom stereocenters. The van der Waals surface area contributed by atoms with Gasteiger partial charge in [-0.3, -0.25) is 4.79 Å². The monoisotopic (exact) mass is 431 g/mol. The molecule has 0 unspecified atom stereocenters. The van der Waals surface area contributed by atoms with E-state index in [1.54, 1.807) is 16.9 Å². The summed E-state index contributed by atoms with van der Waals surface area (Å²) in [6, 6.07) is 6.16. The molecule has 1 saturated heterocycles. The molecule has 0 radical (unpaired) electrons. The Hall–Kier alpha value is -2.85. The molecule has 4 rings (SSSR count). The number of aromatic nitrogens is 3. The van der Waals surface area contributed by atoms with Crippen LogP contribution in [0.25, 0.3) is 11.0 Å². The van der Waals surface area contributed by atoms with Gasteiger partial charge in [0.15, 0.2) is 5.65 Å². The molecule has 30 heavy (non-hydrogen) atoms. The van der Waals surface area contributed by atoms with Gasteiger partial charge in [-0.15, -0.1) is 0 Å². The smallest absolute Gasteiger partial charge is 0.246 e. The number of rotatable bonds is 5. The van der Waals surface area contributed by atoms with Crippen LogP contribution in [0.3, 0.4) is 0 Å². The fourth-order valence-electron chi connectivity index (χ4n) is 3.68. The maximum atomic E-state index is 14.1. The molecular weight excluding hydrogens is 409 g/mol. The Kier molecular flexibility index (Phi) is 5.29. The van der Waals surface area contributed by atoms with Crippen molar-refractivity contribution in [3.8, 4) is 0 Å². The highest BCUT2D eigenvalue weighted by Gasteiger charge is 2.40. The molecule has 0 saturated carbocycles. The largest absolute Gasteiger partial charge is 0.323 e. The Labute approximate surface area is 173 Å². The summed E-state index contributed by atoms with van der Waals surface area (Å²) < 4.78 is 42.8. The fraction of sp³-hybridized carbons (Fsp3) is 0.350. The highest BCUT2D eigenvalue weighted by Crippen LogP contribution is 2.28. The van der Waals surface area contributed by atoms with E-state index < -0.39 is 32.7 Å². The zero-order valence-corrected chi connectivity index (χ0v) is 17.4. The van der Waals surface area contributed by atoms with Gasteiger partial charge in [0.1, 0.15) is 16.8 Å². The van der Waals surface area contributed by atoms with E-state index >= 15 is 0 Å². The van der Waals surface area contributed by atoms with E-state index in [9.17, 15) is 17.6 Å². The van der Waals surface area contributed by atoms with Crippen LogP contribution in [0.5, 0.6) is 0 Å². The van der Waals surface area contributed by atoms with Gasteiger partial charge in [0.25, 0.3) is 0 Å². The third kappa shape index (κ3) is 3.56. The van der Waals surface area contributed by atoms with Crippen molar-refractivity contribution < 1.29 is 17.6 Å². The molecule has 0 aliphatic carbocycles. The molecule has 3 heterocycles. The molecule has 1 fully saturated rings. The second-order valence-electron chi connectivity index (χ2n) is 7.51. The van der Waals surface area contributed by atoms with Gasteiger partial charge in [0, 0.05) is 18.0 Å². The van der Waals surface area contributed by atoms with Crippen LogP contribution in [0.2, 0.25) is 0 Å². The summed E-state index contributed by atoms with van der Waals surface area (Å²) in [5.74, 6) is -1.30. The quantitative estimate of drug-likeness (QED) is 0.670. The topological polar surface area (TPSA) is 97.2 Å². The molecular formula is C20H22FN5O3S. The Bertz CT molecular complexity index is 1210. The molecule has 3 aromatic rings. The second-order valence-corrected chi connectivity index (χ2v) is 9.37. The summed E-state index contributed by atoms with van der Waals surface area (Å²) in [7, 11) is -4.13. The zero-order chi connectivity index (χ0) is 21.5. The summed E-state index contributed by atoms with van der Waals surface area (Å²) in [6.45, 7) is 4.15. The molecule has 1 aliphatic heterocycles. The van der Waals surface area contributed by atoms with E-state index in [4.69, 9.17) is 0 Å². The third-order valence-electron chi connectivity index (χ3n) is 5.12. The van der Waals surface area contributed by atoms with E-state index in [0.29, 0.717) is 24.2 Å². The number of benzene rings is 1. The number of amides is 1. The molecule has 0 spiro atoms. The van der Waals surface area contributed by atoms with Crippen molar-refractivity contribution in [2.45, 2.75) is 43.7 Å². The number of halogens is 1. The lowest BCUT2D eigenvalue weighted by atomic mass is 10.2. The van der Waals surface area contributed by atoms with Crippen LogP contribution in [-0.4, -0.2) is 46.0 Å². The highest BCUT2D eigenvalue weighted by atomic mass is 32.2. The van der Waals surface area contributed by atoms with Crippen LogP contribution in [0.4, 0.5) is 10.1 Å². The van der Waals surface area contributed by atoms with E-state index in [0.717, 1.165) is 15.8 Å². The second kappa shape index (κ2) is 7.77. The normalized spacial score (nSPS) is 17.7. The minimum atomic E-state index is -4.13. The summed E-state index contributed by atoms with van der Waals surface area (Å²) in [5.41, 5.74) is 1.15. The number of fused-ring (bicyclic) bond motifs is 1. The van der Waals surface area contributed by atoms with Crippen LogP contribution in [-0.2, 0) is 14.8 Å². The SMILES string of the molecule is CC(C)n1ncc2cc(NC(=O)[C@H]3CCCN3S(=O)(=O)c3ccccc3F)cnc21. The third-order valence-corrected chi connectivity index (χ3v) is 7.06. The summed E-state index contributed by atoms with van der Waals surface area (Å²) >= 11 is 0. The first-order valence-electron chi connectivity index (χ1n) is 9.69. The number of hydrogen-bond acceptors (Lipinski definition) is 5. The molecule has 1 N–H and O–H groups in total. The van der Waals surface area contributed by atoms with Crippen molar-refractivity contribution in [2.75, 3.05) is 11.9 Å². The van der Waals surface area contributed by atoms with Crippen molar-refractivity contribution >= 4 is 32.7 Å². The Morgan fingerprint density at radius 1 is 1.27 bits per heavy atom. The van der Waals surface area contributed by atoms with Crippen LogP contribution < -0.4 is 5.32 Å². The fourth-order valence-corrected chi connectivity index (χ4v) is 5.41. The van der Waals surface area contributed by atoms with E-state index in [-0.39, 0.29) is 12.6 Å². The molecule has 1 amide bonds. The van der Waals surface area contributed by atoms with Gasteiger partial charge < -0.3 is 5.32 Å². The predicted molar refractivity (Wildman–Crippen MR) is 110 cm³/mol. The van der Waals surface area contributed by atoms with Crippen molar-refractivity contribution in [2.24, 2.45) is 0 Å². The van der Waals surface area contributed by atoms with Crippen molar-refractivity contribution in [3.63, 3.8) is 0 Å². The average molecular weight is 431 g/mol. The lowest BCUT2D eigenvalue weighted by molar-refractivity contribution is -0.119. The van der Waals surface area contributed by atoms with Crippen molar-refractivity contribution in [1.82, 2.24) is 19.1 Å². The first-order valence-corrected chi connectivity index (χ1v) is 11.1.